The van der Waals surface area contributed by atoms with Crippen LogP contribution in [0.1, 0.15) is 23.6 Å². The quantitative estimate of drug-likeness (QED) is 0.899. The van der Waals surface area contributed by atoms with E-state index in [0.29, 0.717) is 23.1 Å². The van der Waals surface area contributed by atoms with Gasteiger partial charge in [-0.1, -0.05) is 0 Å². The molecule has 1 atom stereocenters. The zero-order valence-corrected chi connectivity index (χ0v) is 13.9. The molecule has 0 spiro atoms. The van der Waals surface area contributed by atoms with Gasteiger partial charge < -0.3 is 14.8 Å². The molecule has 4 nitrogen and oxygen atoms in total. The molecule has 0 bridgehead atoms. The van der Waals surface area contributed by atoms with Crippen LogP contribution in [0.15, 0.2) is 6.07 Å². The highest BCUT2D eigenvalue weighted by atomic mass is 19.4. The largest absolute Gasteiger partial charge is 0.496 e. The minimum atomic E-state index is -4.23. The van der Waals surface area contributed by atoms with Gasteiger partial charge in [-0.05, 0) is 26.5 Å². The van der Waals surface area contributed by atoms with Crippen molar-refractivity contribution in [2.45, 2.75) is 38.7 Å². The van der Waals surface area contributed by atoms with Gasteiger partial charge in [0.25, 0.3) is 0 Å². The molecule has 0 saturated heterocycles. The van der Waals surface area contributed by atoms with Gasteiger partial charge in [0.15, 0.2) is 0 Å². The van der Waals surface area contributed by atoms with Crippen LogP contribution >= 0.6 is 0 Å². The van der Waals surface area contributed by atoms with Gasteiger partial charge in [-0.2, -0.15) is 13.2 Å². The smallest absolute Gasteiger partial charge is 0.401 e. The summed E-state index contributed by atoms with van der Waals surface area (Å²) in [4.78, 5) is 2.21. The van der Waals surface area contributed by atoms with Crippen molar-refractivity contribution in [1.82, 2.24) is 10.2 Å². The standard InChI is InChI=1S/C16H23F3N2O2/c1-10-5-12-13(8-21(10)2)14(22-3)6-11(15(12)23-4)7-20-9-16(17,18)19/h6,10,20H,5,7-9H2,1-4H3. The Morgan fingerprint density at radius 2 is 1.96 bits per heavy atom. The van der Waals surface area contributed by atoms with E-state index in [0.717, 1.165) is 24.1 Å². The van der Waals surface area contributed by atoms with Crippen LogP contribution in [-0.2, 0) is 19.5 Å². The molecule has 23 heavy (non-hydrogen) atoms. The molecule has 0 aliphatic carbocycles. The van der Waals surface area contributed by atoms with Crippen molar-refractivity contribution in [2.24, 2.45) is 0 Å². The predicted octanol–water partition coefficient (Wildman–Crippen LogP) is 2.73. The topological polar surface area (TPSA) is 33.7 Å². The van der Waals surface area contributed by atoms with Gasteiger partial charge in [-0.25, -0.2) is 0 Å². The fourth-order valence-electron chi connectivity index (χ4n) is 2.94. The Hall–Kier alpha value is -1.47. The van der Waals surface area contributed by atoms with E-state index >= 15 is 0 Å². The lowest BCUT2D eigenvalue weighted by Crippen LogP contribution is -2.36. The van der Waals surface area contributed by atoms with Crippen molar-refractivity contribution in [2.75, 3.05) is 27.8 Å². The van der Waals surface area contributed by atoms with Gasteiger partial charge in [0.05, 0.1) is 20.8 Å². The zero-order chi connectivity index (χ0) is 17.2. The summed E-state index contributed by atoms with van der Waals surface area (Å²) in [6.45, 7) is 1.89. The van der Waals surface area contributed by atoms with E-state index in [1.807, 2.05) is 7.05 Å². The molecule has 2 rings (SSSR count). The fraction of sp³-hybridized carbons (Fsp3) is 0.625. The summed E-state index contributed by atoms with van der Waals surface area (Å²) in [6.07, 6.45) is -3.46. The molecule has 1 aromatic rings. The molecule has 1 aliphatic heterocycles. The van der Waals surface area contributed by atoms with E-state index in [-0.39, 0.29) is 6.54 Å². The van der Waals surface area contributed by atoms with Crippen LogP contribution in [0.5, 0.6) is 11.5 Å². The summed E-state index contributed by atoms with van der Waals surface area (Å²) in [5, 5.41) is 2.42. The maximum absolute atomic E-state index is 12.3. The SMILES string of the molecule is COc1cc(CNCC(F)(F)F)c(OC)c2c1CN(C)C(C)C2. The Kier molecular flexibility index (Phi) is 5.41. The van der Waals surface area contributed by atoms with Gasteiger partial charge >= 0.3 is 6.18 Å². The van der Waals surface area contributed by atoms with Crippen molar-refractivity contribution in [3.8, 4) is 11.5 Å². The van der Waals surface area contributed by atoms with Crippen LogP contribution in [0.2, 0.25) is 0 Å². The number of likely N-dealkylation sites (N-methyl/N-ethyl adjacent to an activating group) is 1. The number of alkyl halides is 3. The van der Waals surface area contributed by atoms with Crippen LogP contribution in [-0.4, -0.2) is 44.9 Å². The number of rotatable bonds is 5. The molecule has 1 aromatic carbocycles. The maximum Gasteiger partial charge on any atom is 0.401 e. The Morgan fingerprint density at radius 1 is 1.26 bits per heavy atom. The Bertz CT molecular complexity index is 561. The minimum Gasteiger partial charge on any atom is -0.496 e. The molecule has 0 fully saturated rings. The Labute approximate surface area is 134 Å². The summed E-state index contributed by atoms with van der Waals surface area (Å²) in [5.41, 5.74) is 2.76. The molecule has 0 aromatic heterocycles. The van der Waals surface area contributed by atoms with Gasteiger partial charge in [-0.15, -0.1) is 0 Å². The van der Waals surface area contributed by atoms with Crippen molar-refractivity contribution in [1.29, 1.82) is 0 Å². The van der Waals surface area contributed by atoms with Gasteiger partial charge in [0.2, 0.25) is 0 Å². The monoisotopic (exact) mass is 332 g/mol. The predicted molar refractivity (Wildman–Crippen MR) is 81.9 cm³/mol. The first-order chi connectivity index (χ1) is 10.8. The molecule has 7 heteroatoms. The molecule has 1 unspecified atom stereocenters. The highest BCUT2D eigenvalue weighted by molar-refractivity contribution is 5.55. The third-order valence-corrected chi connectivity index (χ3v) is 4.26. The molecule has 1 aliphatic rings. The molecule has 0 saturated carbocycles. The van der Waals surface area contributed by atoms with Gasteiger partial charge in [-0.3, -0.25) is 4.90 Å². The first-order valence-electron chi connectivity index (χ1n) is 7.50. The van der Waals surface area contributed by atoms with E-state index in [4.69, 9.17) is 9.47 Å². The van der Waals surface area contributed by atoms with Crippen LogP contribution in [0, 0.1) is 0 Å². The second-order valence-corrected chi connectivity index (χ2v) is 5.92. The van der Waals surface area contributed by atoms with Crippen molar-refractivity contribution < 1.29 is 22.6 Å². The van der Waals surface area contributed by atoms with Crippen molar-refractivity contribution in [3.63, 3.8) is 0 Å². The lowest BCUT2D eigenvalue weighted by atomic mass is 9.91. The Morgan fingerprint density at radius 3 is 2.52 bits per heavy atom. The van der Waals surface area contributed by atoms with E-state index in [9.17, 15) is 13.2 Å². The Balaban J connectivity index is 2.34. The lowest BCUT2D eigenvalue weighted by molar-refractivity contribution is -0.125. The van der Waals surface area contributed by atoms with E-state index in [2.05, 4.69) is 17.1 Å². The van der Waals surface area contributed by atoms with Crippen LogP contribution < -0.4 is 14.8 Å². The zero-order valence-electron chi connectivity index (χ0n) is 13.9. The molecular weight excluding hydrogens is 309 g/mol. The van der Waals surface area contributed by atoms with E-state index in [1.54, 1.807) is 20.3 Å². The first kappa shape index (κ1) is 17.9. The molecule has 0 amide bonds. The molecular formula is C16H23F3N2O2. The second-order valence-electron chi connectivity index (χ2n) is 5.92. The first-order valence-corrected chi connectivity index (χ1v) is 7.50. The highest BCUT2D eigenvalue weighted by Crippen LogP contribution is 2.39. The third-order valence-electron chi connectivity index (χ3n) is 4.26. The minimum absolute atomic E-state index is 0.0799. The number of benzene rings is 1. The fourth-order valence-corrected chi connectivity index (χ4v) is 2.94. The number of nitrogens with zero attached hydrogens (tertiary/aromatic N) is 1. The number of halogens is 3. The number of nitrogens with one attached hydrogen (secondary N) is 1. The molecule has 0 radical (unpaired) electrons. The van der Waals surface area contributed by atoms with E-state index < -0.39 is 12.7 Å². The third kappa shape index (κ3) is 4.09. The number of hydrogen-bond acceptors (Lipinski definition) is 4. The molecule has 130 valence electrons. The molecule has 1 heterocycles. The summed E-state index contributed by atoms with van der Waals surface area (Å²) in [7, 11) is 5.17. The van der Waals surface area contributed by atoms with Crippen LogP contribution in [0.3, 0.4) is 0 Å². The summed E-state index contributed by atoms with van der Waals surface area (Å²) >= 11 is 0. The van der Waals surface area contributed by atoms with Crippen molar-refractivity contribution >= 4 is 0 Å². The average molecular weight is 332 g/mol. The summed E-state index contributed by atoms with van der Waals surface area (Å²) in [5.74, 6) is 1.36. The maximum atomic E-state index is 12.3. The number of fused-ring (bicyclic) bond motifs is 1. The summed E-state index contributed by atoms with van der Waals surface area (Å²) in [6, 6.07) is 2.10. The number of ether oxygens (including phenoxy) is 2. The summed E-state index contributed by atoms with van der Waals surface area (Å²) < 4.78 is 48.0. The van der Waals surface area contributed by atoms with Gasteiger partial charge in [0, 0.05) is 35.8 Å². The number of hydrogen-bond donors (Lipinski definition) is 1. The number of methoxy groups -OCH3 is 2. The van der Waals surface area contributed by atoms with Crippen LogP contribution in [0.4, 0.5) is 13.2 Å². The normalized spacial score (nSPS) is 18.7. The average Bonchev–Trinajstić information content (AvgIpc) is 2.46. The van der Waals surface area contributed by atoms with Crippen LogP contribution in [0.25, 0.3) is 0 Å². The highest BCUT2D eigenvalue weighted by Gasteiger charge is 2.29. The van der Waals surface area contributed by atoms with E-state index in [1.165, 1.54) is 0 Å². The molecule has 1 N–H and O–H groups in total. The second kappa shape index (κ2) is 6.97. The lowest BCUT2D eigenvalue weighted by Gasteiger charge is -2.34. The van der Waals surface area contributed by atoms with Crippen molar-refractivity contribution in [3.05, 3.63) is 22.8 Å². The van der Waals surface area contributed by atoms with Gasteiger partial charge in [0.1, 0.15) is 11.5 Å².